The zero-order valence-corrected chi connectivity index (χ0v) is 17.3. The topological polar surface area (TPSA) is 66.5 Å². The summed E-state index contributed by atoms with van der Waals surface area (Å²) in [4.78, 5) is 12.6. The van der Waals surface area contributed by atoms with Crippen molar-refractivity contribution in [2.75, 3.05) is 10.8 Å². The van der Waals surface area contributed by atoms with Crippen molar-refractivity contribution in [2.45, 2.75) is 44.6 Å². The zero-order chi connectivity index (χ0) is 20.0. The Balaban J connectivity index is 2.38. The number of benzene rings is 2. The molecule has 27 heavy (non-hydrogen) atoms. The molecule has 2 aromatic rings. The number of halogens is 1. The summed E-state index contributed by atoms with van der Waals surface area (Å²) >= 11 is 5.88. The molecule has 0 saturated heterocycles. The van der Waals surface area contributed by atoms with Gasteiger partial charge in [-0.15, -0.1) is 0 Å². The van der Waals surface area contributed by atoms with E-state index in [4.69, 9.17) is 11.6 Å². The van der Waals surface area contributed by atoms with E-state index in [0.717, 1.165) is 22.7 Å². The molecule has 1 atom stereocenters. The van der Waals surface area contributed by atoms with Crippen LogP contribution in [-0.2, 0) is 14.8 Å². The lowest BCUT2D eigenvalue weighted by molar-refractivity contribution is -0.120. The van der Waals surface area contributed by atoms with Crippen molar-refractivity contribution >= 4 is 33.2 Å². The molecule has 5 nitrogen and oxygen atoms in total. The summed E-state index contributed by atoms with van der Waals surface area (Å²) in [5, 5.41) is 3.31. The fourth-order valence-corrected chi connectivity index (χ4v) is 4.33. The van der Waals surface area contributed by atoms with Crippen LogP contribution in [0.2, 0.25) is 5.02 Å². The first-order chi connectivity index (χ1) is 12.7. The smallest absolute Gasteiger partial charge is 0.264 e. The Morgan fingerprint density at radius 1 is 1.19 bits per heavy atom. The molecule has 2 aromatic carbocycles. The molecule has 0 aliphatic heterocycles. The number of rotatable bonds is 8. The van der Waals surface area contributed by atoms with Crippen molar-refractivity contribution in [2.24, 2.45) is 0 Å². The van der Waals surface area contributed by atoms with Crippen LogP contribution >= 0.6 is 11.6 Å². The van der Waals surface area contributed by atoms with Crippen LogP contribution in [0.5, 0.6) is 0 Å². The van der Waals surface area contributed by atoms with Crippen molar-refractivity contribution < 1.29 is 13.2 Å². The van der Waals surface area contributed by atoms with Crippen LogP contribution in [0.1, 0.15) is 32.3 Å². The first-order valence-electron chi connectivity index (χ1n) is 8.88. The summed E-state index contributed by atoms with van der Waals surface area (Å²) in [6.07, 6.45) is 1.77. The highest BCUT2D eigenvalue weighted by atomic mass is 35.5. The van der Waals surface area contributed by atoms with Crippen molar-refractivity contribution in [1.82, 2.24) is 5.32 Å². The molecule has 1 amide bonds. The Kier molecular flexibility index (Phi) is 7.27. The number of anilines is 1. The molecule has 0 saturated carbocycles. The average molecular weight is 409 g/mol. The number of aryl methyl sites for hydroxylation is 1. The van der Waals surface area contributed by atoms with E-state index >= 15 is 0 Å². The standard InChI is InChI=1S/C20H25ClN2O3S/c1-4-6-16(3)22-20(24)14-23(18-8-5-7-15(2)13-18)27(25,26)19-11-9-17(21)10-12-19/h5,7-13,16H,4,6,14H2,1-3H3,(H,22,24)/t16-/m0/s1. The Bertz CT molecular complexity index is 882. The van der Waals surface area contributed by atoms with E-state index in [0.29, 0.717) is 10.7 Å². The molecule has 0 aliphatic rings. The molecule has 0 fully saturated rings. The first kappa shape index (κ1) is 21.3. The number of carbonyl (C=O) groups excluding carboxylic acids is 1. The normalized spacial score (nSPS) is 12.4. The minimum Gasteiger partial charge on any atom is -0.352 e. The predicted molar refractivity (Wildman–Crippen MR) is 110 cm³/mol. The Labute approximate surface area is 166 Å². The number of carbonyl (C=O) groups is 1. The van der Waals surface area contributed by atoms with Crippen LogP contribution in [0.15, 0.2) is 53.4 Å². The minimum absolute atomic E-state index is 0.0138. The summed E-state index contributed by atoms with van der Waals surface area (Å²) in [5.74, 6) is -0.338. The van der Waals surface area contributed by atoms with E-state index in [1.807, 2.05) is 26.8 Å². The molecule has 0 radical (unpaired) electrons. The van der Waals surface area contributed by atoms with Gasteiger partial charge in [-0.2, -0.15) is 0 Å². The van der Waals surface area contributed by atoms with E-state index in [2.05, 4.69) is 5.32 Å². The quantitative estimate of drug-likeness (QED) is 0.713. The minimum atomic E-state index is -3.92. The highest BCUT2D eigenvalue weighted by molar-refractivity contribution is 7.92. The molecule has 1 N–H and O–H groups in total. The van der Waals surface area contributed by atoms with Gasteiger partial charge in [0.2, 0.25) is 5.91 Å². The van der Waals surface area contributed by atoms with Crippen molar-refractivity contribution in [3.05, 3.63) is 59.1 Å². The maximum atomic E-state index is 13.2. The summed E-state index contributed by atoms with van der Waals surface area (Å²) in [6.45, 7) is 5.53. The highest BCUT2D eigenvalue weighted by Crippen LogP contribution is 2.25. The van der Waals surface area contributed by atoms with Gasteiger partial charge in [0, 0.05) is 11.1 Å². The van der Waals surface area contributed by atoms with Crippen LogP contribution < -0.4 is 9.62 Å². The predicted octanol–water partition coefficient (Wildman–Crippen LogP) is 4.15. The third-order valence-electron chi connectivity index (χ3n) is 4.11. The molecule has 146 valence electrons. The monoisotopic (exact) mass is 408 g/mol. The fraction of sp³-hybridized carbons (Fsp3) is 0.350. The molecule has 0 aliphatic carbocycles. The number of nitrogens with zero attached hydrogens (tertiary/aromatic N) is 1. The molecule has 2 rings (SSSR count). The van der Waals surface area contributed by atoms with Crippen LogP contribution in [0.3, 0.4) is 0 Å². The van der Waals surface area contributed by atoms with Gasteiger partial charge in [0.1, 0.15) is 6.54 Å². The lowest BCUT2D eigenvalue weighted by Gasteiger charge is -2.25. The number of hydrogen-bond acceptors (Lipinski definition) is 3. The van der Waals surface area contributed by atoms with E-state index in [9.17, 15) is 13.2 Å². The molecular weight excluding hydrogens is 384 g/mol. The largest absolute Gasteiger partial charge is 0.352 e. The van der Waals surface area contributed by atoms with E-state index in [1.165, 1.54) is 24.3 Å². The number of hydrogen-bond donors (Lipinski definition) is 1. The SMILES string of the molecule is CCC[C@H](C)NC(=O)CN(c1cccc(C)c1)S(=O)(=O)c1ccc(Cl)cc1. The van der Waals surface area contributed by atoms with Gasteiger partial charge in [-0.05, 0) is 62.2 Å². The lowest BCUT2D eigenvalue weighted by atomic mass is 10.2. The van der Waals surface area contributed by atoms with Crippen LogP contribution in [-0.4, -0.2) is 26.9 Å². The number of nitrogens with one attached hydrogen (secondary N) is 1. The van der Waals surface area contributed by atoms with Crippen LogP contribution in [0.25, 0.3) is 0 Å². The maximum Gasteiger partial charge on any atom is 0.264 e. The van der Waals surface area contributed by atoms with Gasteiger partial charge >= 0.3 is 0 Å². The molecule has 0 bridgehead atoms. The van der Waals surface area contributed by atoms with Crippen molar-refractivity contribution in [3.8, 4) is 0 Å². The fourth-order valence-electron chi connectivity index (χ4n) is 2.79. The van der Waals surface area contributed by atoms with Gasteiger partial charge in [-0.25, -0.2) is 8.42 Å². The van der Waals surface area contributed by atoms with Gasteiger partial charge in [0.05, 0.1) is 10.6 Å². The summed E-state index contributed by atoms with van der Waals surface area (Å²) in [5.41, 5.74) is 1.35. The van der Waals surface area contributed by atoms with Gasteiger partial charge in [-0.1, -0.05) is 37.1 Å². The Morgan fingerprint density at radius 2 is 1.85 bits per heavy atom. The molecule has 0 spiro atoms. The molecule has 7 heteroatoms. The van der Waals surface area contributed by atoms with Crippen molar-refractivity contribution in [3.63, 3.8) is 0 Å². The Morgan fingerprint density at radius 3 is 2.44 bits per heavy atom. The second-order valence-corrected chi connectivity index (χ2v) is 8.86. The highest BCUT2D eigenvalue weighted by Gasteiger charge is 2.27. The number of amides is 1. The third kappa shape index (κ3) is 5.71. The maximum absolute atomic E-state index is 13.2. The zero-order valence-electron chi connectivity index (χ0n) is 15.8. The second kappa shape index (κ2) is 9.24. The van der Waals surface area contributed by atoms with Gasteiger partial charge < -0.3 is 5.32 Å². The van der Waals surface area contributed by atoms with Gasteiger partial charge in [-0.3, -0.25) is 9.10 Å². The summed E-state index contributed by atoms with van der Waals surface area (Å²) in [7, 11) is -3.92. The van der Waals surface area contributed by atoms with Gasteiger partial charge in [0.25, 0.3) is 10.0 Å². The van der Waals surface area contributed by atoms with Crippen LogP contribution in [0, 0.1) is 6.92 Å². The van der Waals surface area contributed by atoms with Crippen molar-refractivity contribution in [1.29, 1.82) is 0 Å². The Hall–Kier alpha value is -2.05. The molecular formula is C20H25ClN2O3S. The average Bonchev–Trinajstić information content (AvgIpc) is 2.60. The number of sulfonamides is 1. The molecule has 0 unspecified atom stereocenters. The first-order valence-corrected chi connectivity index (χ1v) is 10.7. The molecule has 0 heterocycles. The summed E-state index contributed by atoms with van der Waals surface area (Å²) in [6, 6.07) is 13.0. The van der Waals surface area contributed by atoms with Gasteiger partial charge in [0.15, 0.2) is 0 Å². The van der Waals surface area contributed by atoms with E-state index < -0.39 is 10.0 Å². The molecule has 0 aromatic heterocycles. The second-order valence-electron chi connectivity index (χ2n) is 6.56. The lowest BCUT2D eigenvalue weighted by Crippen LogP contribution is -2.43. The van der Waals surface area contributed by atoms with E-state index in [1.54, 1.807) is 18.2 Å². The van der Waals surface area contributed by atoms with E-state index in [-0.39, 0.29) is 23.4 Å². The van der Waals surface area contributed by atoms with Crippen LogP contribution in [0.4, 0.5) is 5.69 Å². The third-order valence-corrected chi connectivity index (χ3v) is 6.15. The summed E-state index contributed by atoms with van der Waals surface area (Å²) < 4.78 is 27.5.